The maximum Gasteiger partial charge on any atom is 0.293 e. The molecular weight excluding hydrogens is 440 g/mol. The van der Waals surface area contributed by atoms with E-state index in [4.69, 9.17) is 25.3 Å². The third kappa shape index (κ3) is 4.50. The minimum atomic E-state index is -3.63. The largest absolute Gasteiger partial charge is 0.493 e. The Labute approximate surface area is 184 Å². The first-order chi connectivity index (χ1) is 14.9. The first-order valence-electron chi connectivity index (χ1n) is 9.51. The van der Waals surface area contributed by atoms with Gasteiger partial charge in [-0.1, -0.05) is 35.0 Å². The number of ether oxygens (including phenoxy) is 1. The normalized spacial score (nSPS) is 11.6. The molecule has 0 radical (unpaired) electrons. The van der Waals surface area contributed by atoms with Crippen molar-refractivity contribution in [1.82, 2.24) is 10.1 Å². The van der Waals surface area contributed by atoms with Crippen molar-refractivity contribution in [1.29, 1.82) is 0 Å². The van der Waals surface area contributed by atoms with Crippen LogP contribution in [-0.4, -0.2) is 25.2 Å². The van der Waals surface area contributed by atoms with Crippen LogP contribution in [0.15, 0.2) is 68.4 Å². The summed E-state index contributed by atoms with van der Waals surface area (Å²) >= 11 is 6.07. The van der Waals surface area contributed by atoms with Crippen molar-refractivity contribution in [2.24, 2.45) is 0 Å². The Balaban J connectivity index is 1.57. The van der Waals surface area contributed by atoms with Gasteiger partial charge in [0.05, 0.1) is 17.1 Å². The zero-order valence-corrected chi connectivity index (χ0v) is 18.4. The SMILES string of the molecule is CCOc1ccccc1-c1noc(-c2ccc(CS(=O)(=O)c3ccc(C)c(Cl)c3)o2)n1. The van der Waals surface area contributed by atoms with Gasteiger partial charge < -0.3 is 13.7 Å². The number of hydrogen-bond acceptors (Lipinski definition) is 7. The molecule has 0 N–H and O–H groups in total. The zero-order valence-electron chi connectivity index (χ0n) is 16.8. The van der Waals surface area contributed by atoms with Crippen LogP contribution in [-0.2, 0) is 15.6 Å². The molecule has 0 unspecified atom stereocenters. The summed E-state index contributed by atoms with van der Waals surface area (Å²) in [6.07, 6.45) is 0. The first kappa shape index (κ1) is 21.1. The van der Waals surface area contributed by atoms with Crippen LogP contribution < -0.4 is 4.74 Å². The minimum absolute atomic E-state index is 0.133. The average Bonchev–Trinajstić information content (AvgIpc) is 3.40. The third-order valence-electron chi connectivity index (χ3n) is 4.56. The van der Waals surface area contributed by atoms with E-state index in [9.17, 15) is 8.42 Å². The second kappa shape index (κ2) is 8.56. The van der Waals surface area contributed by atoms with E-state index in [0.717, 1.165) is 5.56 Å². The molecule has 0 aliphatic heterocycles. The second-order valence-electron chi connectivity index (χ2n) is 6.79. The van der Waals surface area contributed by atoms with Crippen LogP contribution in [0.5, 0.6) is 5.75 Å². The van der Waals surface area contributed by atoms with Gasteiger partial charge in [-0.05, 0) is 55.8 Å². The molecule has 0 bridgehead atoms. The average molecular weight is 459 g/mol. The molecule has 31 heavy (non-hydrogen) atoms. The number of hydrogen-bond donors (Lipinski definition) is 0. The number of aryl methyl sites for hydroxylation is 1. The van der Waals surface area contributed by atoms with Crippen LogP contribution >= 0.6 is 11.6 Å². The van der Waals surface area contributed by atoms with Crippen LogP contribution in [0.4, 0.5) is 0 Å². The third-order valence-corrected chi connectivity index (χ3v) is 6.60. The van der Waals surface area contributed by atoms with Gasteiger partial charge in [0.1, 0.15) is 17.3 Å². The van der Waals surface area contributed by atoms with E-state index in [1.54, 1.807) is 18.2 Å². The van der Waals surface area contributed by atoms with Crippen LogP contribution in [0.3, 0.4) is 0 Å². The number of furan rings is 1. The molecule has 9 heteroatoms. The molecule has 0 fully saturated rings. The molecule has 2 heterocycles. The topological polar surface area (TPSA) is 95.4 Å². The first-order valence-corrected chi connectivity index (χ1v) is 11.5. The van der Waals surface area contributed by atoms with Crippen LogP contribution in [0, 0.1) is 6.92 Å². The predicted molar refractivity (Wildman–Crippen MR) is 116 cm³/mol. The highest BCUT2D eigenvalue weighted by atomic mass is 35.5. The number of benzene rings is 2. The van der Waals surface area contributed by atoms with E-state index in [2.05, 4.69) is 10.1 Å². The van der Waals surface area contributed by atoms with E-state index < -0.39 is 9.84 Å². The highest BCUT2D eigenvalue weighted by molar-refractivity contribution is 7.90. The van der Waals surface area contributed by atoms with E-state index in [1.165, 1.54) is 12.1 Å². The summed E-state index contributed by atoms with van der Waals surface area (Å²) in [6, 6.07) is 15.2. The summed E-state index contributed by atoms with van der Waals surface area (Å²) in [4.78, 5) is 4.50. The fourth-order valence-electron chi connectivity index (χ4n) is 2.97. The Kier molecular flexibility index (Phi) is 5.84. The highest BCUT2D eigenvalue weighted by Gasteiger charge is 2.21. The Morgan fingerprint density at radius 1 is 1.10 bits per heavy atom. The lowest BCUT2D eigenvalue weighted by Crippen LogP contribution is -2.04. The molecule has 0 aliphatic rings. The van der Waals surface area contributed by atoms with Gasteiger partial charge in [0.15, 0.2) is 15.6 Å². The molecule has 0 atom stereocenters. The molecule has 2 aromatic heterocycles. The number of nitrogens with zero attached hydrogens (tertiary/aromatic N) is 2. The van der Waals surface area contributed by atoms with Crippen molar-refractivity contribution in [3.8, 4) is 28.8 Å². The zero-order chi connectivity index (χ0) is 22.0. The van der Waals surface area contributed by atoms with Crippen LogP contribution in [0.25, 0.3) is 23.0 Å². The Bertz CT molecular complexity index is 1330. The number of halogens is 1. The number of para-hydroxylation sites is 1. The predicted octanol–water partition coefficient (Wildman–Crippen LogP) is 5.33. The maximum atomic E-state index is 12.7. The number of sulfone groups is 1. The van der Waals surface area contributed by atoms with Gasteiger partial charge in [0.2, 0.25) is 5.82 Å². The maximum absolute atomic E-state index is 12.7. The van der Waals surface area contributed by atoms with Crippen LogP contribution in [0.1, 0.15) is 18.2 Å². The van der Waals surface area contributed by atoms with Crippen molar-refractivity contribution in [2.45, 2.75) is 24.5 Å². The monoisotopic (exact) mass is 458 g/mol. The van der Waals surface area contributed by atoms with Crippen molar-refractivity contribution in [2.75, 3.05) is 6.61 Å². The fourth-order valence-corrected chi connectivity index (χ4v) is 4.49. The van der Waals surface area contributed by atoms with Gasteiger partial charge in [0, 0.05) is 5.02 Å². The molecular formula is C22H19ClN2O5S. The molecule has 0 saturated carbocycles. The quantitative estimate of drug-likeness (QED) is 0.369. The lowest BCUT2D eigenvalue weighted by molar-refractivity contribution is 0.341. The van der Waals surface area contributed by atoms with Crippen molar-refractivity contribution >= 4 is 21.4 Å². The lowest BCUT2D eigenvalue weighted by Gasteiger charge is -2.05. The van der Waals surface area contributed by atoms with E-state index in [-0.39, 0.29) is 28.1 Å². The molecule has 7 nitrogen and oxygen atoms in total. The summed E-state index contributed by atoms with van der Waals surface area (Å²) < 4.78 is 42.0. The molecule has 0 spiro atoms. The lowest BCUT2D eigenvalue weighted by atomic mass is 10.2. The van der Waals surface area contributed by atoms with Gasteiger partial charge in [-0.15, -0.1) is 0 Å². The highest BCUT2D eigenvalue weighted by Crippen LogP contribution is 2.31. The summed E-state index contributed by atoms with van der Waals surface area (Å²) in [6.45, 7) is 4.20. The standard InChI is InChI=1S/C22H19ClN2O5S/c1-3-28-19-7-5-4-6-17(19)21-24-22(30-25-21)20-11-9-15(29-20)13-31(26,27)16-10-8-14(2)18(23)12-16/h4-12H,3,13H2,1-2H3. The van der Waals surface area contributed by atoms with E-state index in [1.807, 2.05) is 38.1 Å². The summed E-state index contributed by atoms with van der Waals surface area (Å²) in [7, 11) is -3.63. The Morgan fingerprint density at radius 3 is 2.68 bits per heavy atom. The van der Waals surface area contributed by atoms with E-state index >= 15 is 0 Å². The molecule has 160 valence electrons. The van der Waals surface area contributed by atoms with Crippen molar-refractivity contribution in [3.05, 3.63) is 70.9 Å². The van der Waals surface area contributed by atoms with Gasteiger partial charge >= 0.3 is 0 Å². The summed E-state index contributed by atoms with van der Waals surface area (Å²) in [5.74, 6) is 1.34. The number of aromatic nitrogens is 2. The van der Waals surface area contributed by atoms with E-state index in [0.29, 0.717) is 28.8 Å². The molecule has 4 rings (SSSR count). The second-order valence-corrected chi connectivity index (χ2v) is 9.19. The van der Waals surface area contributed by atoms with Gasteiger partial charge in [-0.25, -0.2) is 8.42 Å². The van der Waals surface area contributed by atoms with Crippen LogP contribution in [0.2, 0.25) is 5.02 Å². The van der Waals surface area contributed by atoms with Crippen molar-refractivity contribution in [3.63, 3.8) is 0 Å². The van der Waals surface area contributed by atoms with Crippen molar-refractivity contribution < 1.29 is 22.1 Å². The smallest absolute Gasteiger partial charge is 0.293 e. The summed E-state index contributed by atoms with van der Waals surface area (Å²) in [5.41, 5.74) is 1.49. The fraction of sp³-hybridized carbons (Fsp3) is 0.182. The molecule has 0 amide bonds. The Hall–Kier alpha value is -3.10. The Morgan fingerprint density at radius 2 is 1.90 bits per heavy atom. The molecule has 0 aliphatic carbocycles. The van der Waals surface area contributed by atoms with Gasteiger partial charge in [0.25, 0.3) is 5.89 Å². The summed E-state index contributed by atoms with van der Waals surface area (Å²) in [5, 5.41) is 4.39. The van der Waals surface area contributed by atoms with Gasteiger partial charge in [-0.3, -0.25) is 0 Å². The molecule has 2 aromatic carbocycles. The molecule has 4 aromatic rings. The molecule has 0 saturated heterocycles. The number of rotatable bonds is 7. The van der Waals surface area contributed by atoms with Gasteiger partial charge in [-0.2, -0.15) is 4.98 Å². The minimum Gasteiger partial charge on any atom is -0.493 e.